The number of amides is 1. The highest BCUT2D eigenvalue weighted by Crippen LogP contribution is 2.22. The number of aromatic hydroxyl groups is 1. The van der Waals surface area contributed by atoms with E-state index in [9.17, 15) is 19.1 Å². The van der Waals surface area contributed by atoms with E-state index >= 15 is 0 Å². The maximum Gasteiger partial charge on any atom is 0.339 e. The van der Waals surface area contributed by atoms with Gasteiger partial charge in [-0.2, -0.15) is 0 Å². The summed E-state index contributed by atoms with van der Waals surface area (Å²) in [5.74, 6) is -2.66. The van der Waals surface area contributed by atoms with E-state index in [2.05, 4.69) is 5.32 Å². The van der Waals surface area contributed by atoms with Crippen LogP contribution in [0.3, 0.4) is 0 Å². The fraction of sp³-hybridized carbons (Fsp3) is 0.0667. The number of benzene rings is 2. The Morgan fingerprint density at radius 1 is 1.14 bits per heavy atom. The van der Waals surface area contributed by atoms with E-state index < -0.39 is 23.4 Å². The van der Waals surface area contributed by atoms with Crippen molar-refractivity contribution in [1.29, 1.82) is 0 Å². The van der Waals surface area contributed by atoms with Crippen LogP contribution in [0, 0.1) is 5.82 Å². The topological polar surface area (TPSA) is 86.6 Å². The maximum absolute atomic E-state index is 13.4. The van der Waals surface area contributed by atoms with Crippen LogP contribution in [0.2, 0.25) is 0 Å². The molecule has 2 rings (SSSR count). The van der Waals surface area contributed by atoms with Crippen LogP contribution in [0.15, 0.2) is 42.5 Å². The van der Waals surface area contributed by atoms with Gasteiger partial charge >= 0.3 is 5.97 Å². The Balaban J connectivity index is 2.08. The number of halogens is 1. The van der Waals surface area contributed by atoms with E-state index in [1.54, 1.807) is 6.07 Å². The Morgan fingerprint density at radius 2 is 1.86 bits per heavy atom. The molecule has 0 fully saturated rings. The van der Waals surface area contributed by atoms with Gasteiger partial charge in [-0.25, -0.2) is 9.18 Å². The van der Waals surface area contributed by atoms with Crippen molar-refractivity contribution in [3.05, 3.63) is 59.4 Å². The molecular formula is C15H12FNO4. The highest BCUT2D eigenvalue weighted by atomic mass is 19.1. The van der Waals surface area contributed by atoms with Crippen LogP contribution in [-0.2, 0) is 11.2 Å². The van der Waals surface area contributed by atoms with E-state index in [1.165, 1.54) is 30.3 Å². The number of hydrogen-bond donors (Lipinski definition) is 3. The predicted octanol–water partition coefficient (Wildman–Crippen LogP) is 2.41. The Hall–Kier alpha value is -2.89. The Bertz CT molecular complexity index is 700. The lowest BCUT2D eigenvalue weighted by molar-refractivity contribution is -0.115. The third-order valence-corrected chi connectivity index (χ3v) is 2.82. The fourth-order valence-electron chi connectivity index (χ4n) is 1.81. The van der Waals surface area contributed by atoms with Crippen molar-refractivity contribution in [1.82, 2.24) is 0 Å². The zero-order valence-corrected chi connectivity index (χ0v) is 10.8. The predicted molar refractivity (Wildman–Crippen MR) is 73.8 cm³/mol. The van der Waals surface area contributed by atoms with Crippen molar-refractivity contribution < 1.29 is 24.2 Å². The monoisotopic (exact) mass is 289 g/mol. The molecular weight excluding hydrogens is 277 g/mol. The van der Waals surface area contributed by atoms with Gasteiger partial charge in [-0.05, 0) is 23.8 Å². The second kappa shape index (κ2) is 6.04. The number of carbonyl (C=O) groups is 2. The van der Waals surface area contributed by atoms with E-state index in [4.69, 9.17) is 5.11 Å². The summed E-state index contributed by atoms with van der Waals surface area (Å²) in [5, 5.41) is 20.8. The molecule has 0 heterocycles. The first-order valence-electron chi connectivity index (χ1n) is 6.07. The first-order chi connectivity index (χ1) is 9.97. The quantitative estimate of drug-likeness (QED) is 0.806. The van der Waals surface area contributed by atoms with E-state index in [0.29, 0.717) is 0 Å². The molecule has 0 saturated heterocycles. The highest BCUT2D eigenvalue weighted by Gasteiger charge is 2.12. The minimum Gasteiger partial charge on any atom is -0.507 e. The Morgan fingerprint density at radius 3 is 2.48 bits per heavy atom. The summed E-state index contributed by atoms with van der Waals surface area (Å²) in [6, 6.07) is 9.57. The fourth-order valence-corrected chi connectivity index (χ4v) is 1.81. The molecule has 0 aliphatic heterocycles. The zero-order valence-electron chi connectivity index (χ0n) is 10.8. The van der Waals surface area contributed by atoms with E-state index in [0.717, 1.165) is 6.07 Å². The molecule has 0 aliphatic carbocycles. The lowest BCUT2D eigenvalue weighted by Gasteiger charge is -2.07. The zero-order chi connectivity index (χ0) is 15.4. The lowest BCUT2D eigenvalue weighted by Crippen LogP contribution is -2.15. The van der Waals surface area contributed by atoms with Crippen molar-refractivity contribution >= 4 is 17.6 Å². The number of carboxylic acid groups (broad SMARTS) is 1. The SMILES string of the molecule is O=C(Cc1ccccc1F)Nc1ccc(C(=O)O)c(O)c1. The van der Waals surface area contributed by atoms with Crippen LogP contribution in [0.4, 0.5) is 10.1 Å². The van der Waals surface area contributed by atoms with Crippen LogP contribution >= 0.6 is 0 Å². The molecule has 0 bridgehead atoms. The Kier molecular flexibility index (Phi) is 4.18. The minimum absolute atomic E-state index is 0.159. The third kappa shape index (κ3) is 3.56. The number of phenols is 1. The van der Waals surface area contributed by atoms with Crippen molar-refractivity contribution in [2.75, 3.05) is 5.32 Å². The molecule has 6 heteroatoms. The largest absolute Gasteiger partial charge is 0.507 e. The van der Waals surface area contributed by atoms with Crippen LogP contribution in [0.1, 0.15) is 15.9 Å². The molecule has 0 unspecified atom stereocenters. The molecule has 0 spiro atoms. The number of nitrogens with one attached hydrogen (secondary N) is 1. The summed E-state index contributed by atoms with van der Waals surface area (Å²) in [5.41, 5.74) is 0.224. The average Bonchev–Trinajstić information content (AvgIpc) is 2.41. The highest BCUT2D eigenvalue weighted by molar-refractivity contribution is 5.95. The number of rotatable bonds is 4. The van der Waals surface area contributed by atoms with Crippen LogP contribution in [0.25, 0.3) is 0 Å². The van der Waals surface area contributed by atoms with E-state index in [-0.39, 0.29) is 23.2 Å². The molecule has 5 nitrogen and oxygen atoms in total. The van der Waals surface area contributed by atoms with Crippen molar-refractivity contribution in [2.45, 2.75) is 6.42 Å². The van der Waals surface area contributed by atoms with Gasteiger partial charge in [0.2, 0.25) is 5.91 Å². The summed E-state index contributed by atoms with van der Waals surface area (Å²) < 4.78 is 13.4. The summed E-state index contributed by atoms with van der Waals surface area (Å²) in [6.45, 7) is 0. The minimum atomic E-state index is -1.27. The summed E-state index contributed by atoms with van der Waals surface area (Å²) in [4.78, 5) is 22.5. The molecule has 21 heavy (non-hydrogen) atoms. The molecule has 0 atom stereocenters. The van der Waals surface area contributed by atoms with Gasteiger partial charge in [0.1, 0.15) is 17.1 Å². The smallest absolute Gasteiger partial charge is 0.339 e. The van der Waals surface area contributed by atoms with Crippen LogP contribution < -0.4 is 5.32 Å². The number of anilines is 1. The van der Waals surface area contributed by atoms with Crippen LogP contribution in [-0.4, -0.2) is 22.1 Å². The van der Waals surface area contributed by atoms with Crippen molar-refractivity contribution in [3.8, 4) is 5.75 Å². The van der Waals surface area contributed by atoms with Gasteiger partial charge in [-0.1, -0.05) is 18.2 Å². The van der Waals surface area contributed by atoms with Gasteiger partial charge in [0.25, 0.3) is 0 Å². The third-order valence-electron chi connectivity index (χ3n) is 2.82. The second-order valence-electron chi connectivity index (χ2n) is 4.35. The molecule has 0 aromatic heterocycles. The Labute approximate surface area is 119 Å². The van der Waals surface area contributed by atoms with Crippen molar-refractivity contribution in [3.63, 3.8) is 0 Å². The molecule has 2 aromatic rings. The molecule has 0 radical (unpaired) electrons. The normalized spacial score (nSPS) is 10.1. The first-order valence-corrected chi connectivity index (χ1v) is 6.07. The average molecular weight is 289 g/mol. The number of carboxylic acids is 1. The van der Waals surface area contributed by atoms with Crippen molar-refractivity contribution in [2.24, 2.45) is 0 Å². The number of aromatic carboxylic acids is 1. The van der Waals surface area contributed by atoms with Gasteiger partial charge in [-0.15, -0.1) is 0 Å². The van der Waals surface area contributed by atoms with Gasteiger partial charge < -0.3 is 15.5 Å². The van der Waals surface area contributed by atoms with Gasteiger partial charge in [-0.3, -0.25) is 4.79 Å². The first kappa shape index (κ1) is 14.5. The summed E-state index contributed by atoms with van der Waals surface area (Å²) in [7, 11) is 0. The number of hydrogen-bond acceptors (Lipinski definition) is 3. The van der Waals surface area contributed by atoms with E-state index in [1.807, 2.05) is 0 Å². The molecule has 108 valence electrons. The second-order valence-corrected chi connectivity index (χ2v) is 4.35. The molecule has 0 saturated carbocycles. The van der Waals surface area contributed by atoms with Crippen LogP contribution in [0.5, 0.6) is 5.75 Å². The molecule has 1 amide bonds. The maximum atomic E-state index is 13.4. The summed E-state index contributed by atoms with van der Waals surface area (Å²) in [6.07, 6.45) is -0.159. The van der Waals surface area contributed by atoms with Gasteiger partial charge in [0.15, 0.2) is 0 Å². The molecule has 0 aliphatic rings. The number of carbonyl (C=O) groups excluding carboxylic acids is 1. The van der Waals surface area contributed by atoms with Gasteiger partial charge in [0.05, 0.1) is 6.42 Å². The molecule has 2 aromatic carbocycles. The standard InChI is InChI=1S/C15H12FNO4/c16-12-4-2-1-3-9(12)7-14(19)17-10-5-6-11(15(20)21)13(18)8-10/h1-6,8,18H,7H2,(H,17,19)(H,20,21). The summed E-state index contributed by atoms with van der Waals surface area (Å²) >= 11 is 0. The molecule has 3 N–H and O–H groups in total. The lowest BCUT2D eigenvalue weighted by atomic mass is 10.1. The van der Waals surface area contributed by atoms with Gasteiger partial charge in [0, 0.05) is 11.8 Å².